The minimum atomic E-state index is 1.18. The van der Waals surface area contributed by atoms with Crippen molar-refractivity contribution >= 4 is 90.8 Å². The molecule has 0 amide bonds. The quantitative estimate of drug-likeness (QED) is 0.323. The Morgan fingerprint density at radius 1 is 0.600 bits per heavy atom. The standard InChI is InChI=1S/C16H10B2Br2/c17-11-5-14(20)10-4-2-8-12(18)6-13(19)9-3-1-7(11)15(10)16(8)9/h1-6H,17-18H2. The third-order valence-electron chi connectivity index (χ3n) is 4.21. The van der Waals surface area contributed by atoms with Gasteiger partial charge < -0.3 is 0 Å². The van der Waals surface area contributed by atoms with E-state index in [1.165, 1.54) is 52.2 Å². The molecule has 0 heterocycles. The van der Waals surface area contributed by atoms with Gasteiger partial charge in [0.2, 0.25) is 0 Å². The average Bonchev–Trinajstić information content (AvgIpc) is 2.42. The molecule has 0 spiro atoms. The molecule has 0 saturated heterocycles. The minimum absolute atomic E-state index is 1.18. The fourth-order valence-electron chi connectivity index (χ4n) is 3.24. The highest BCUT2D eigenvalue weighted by Crippen LogP contribution is 2.38. The second-order valence-corrected chi connectivity index (χ2v) is 7.13. The SMILES string of the molecule is Bc1cc(Br)c2ccc3c(B)cc(Br)c4ccc1c2c34. The van der Waals surface area contributed by atoms with Gasteiger partial charge in [-0.15, -0.1) is 0 Å². The number of hydrogen-bond donors (Lipinski definition) is 0. The van der Waals surface area contributed by atoms with E-state index in [-0.39, 0.29) is 0 Å². The van der Waals surface area contributed by atoms with Crippen molar-refractivity contribution in [3.63, 3.8) is 0 Å². The molecule has 0 unspecified atom stereocenters. The molecule has 0 fully saturated rings. The van der Waals surface area contributed by atoms with Gasteiger partial charge in [-0.1, -0.05) is 79.2 Å². The van der Waals surface area contributed by atoms with Crippen LogP contribution < -0.4 is 10.9 Å². The highest BCUT2D eigenvalue weighted by molar-refractivity contribution is 9.11. The van der Waals surface area contributed by atoms with Crippen LogP contribution in [0.4, 0.5) is 0 Å². The van der Waals surface area contributed by atoms with Gasteiger partial charge in [-0.3, -0.25) is 0 Å². The fourth-order valence-corrected chi connectivity index (χ4v) is 4.59. The average molecular weight is 384 g/mol. The van der Waals surface area contributed by atoms with Crippen molar-refractivity contribution in [2.24, 2.45) is 0 Å². The summed E-state index contributed by atoms with van der Waals surface area (Å²) in [6.45, 7) is 0. The Hall–Kier alpha value is -0.990. The molecule has 4 aromatic carbocycles. The fraction of sp³-hybridized carbons (Fsp3) is 0. The summed E-state index contributed by atoms with van der Waals surface area (Å²) >= 11 is 7.43. The first-order chi connectivity index (χ1) is 9.58. The molecule has 0 aromatic heterocycles. The van der Waals surface area contributed by atoms with Gasteiger partial charge in [0.1, 0.15) is 15.7 Å². The minimum Gasteiger partial charge on any atom is -0.0801 e. The lowest BCUT2D eigenvalue weighted by Gasteiger charge is -2.16. The number of hydrogen-bond acceptors (Lipinski definition) is 0. The van der Waals surface area contributed by atoms with Crippen molar-refractivity contribution in [3.8, 4) is 0 Å². The number of rotatable bonds is 0. The lowest BCUT2D eigenvalue weighted by Crippen LogP contribution is -2.08. The number of benzene rings is 4. The van der Waals surface area contributed by atoms with Gasteiger partial charge in [0.25, 0.3) is 0 Å². The van der Waals surface area contributed by atoms with E-state index in [2.05, 4.69) is 84.0 Å². The summed E-state index contributed by atoms with van der Waals surface area (Å²) in [5, 5.41) is 8.02. The summed E-state index contributed by atoms with van der Waals surface area (Å²) in [7, 11) is 4.36. The van der Waals surface area contributed by atoms with Crippen molar-refractivity contribution in [2.75, 3.05) is 0 Å². The van der Waals surface area contributed by atoms with Crippen LogP contribution in [-0.4, -0.2) is 15.7 Å². The first-order valence-corrected chi connectivity index (χ1v) is 8.19. The molecule has 0 saturated carbocycles. The van der Waals surface area contributed by atoms with Crippen LogP contribution in [0.15, 0.2) is 45.3 Å². The maximum Gasteiger partial charge on any atom is 0.140 e. The largest absolute Gasteiger partial charge is 0.140 e. The molecule has 0 atom stereocenters. The lowest BCUT2D eigenvalue weighted by molar-refractivity contribution is 1.77. The summed E-state index contributed by atoms with van der Waals surface area (Å²) in [6, 6.07) is 13.4. The maximum atomic E-state index is 3.72. The van der Waals surface area contributed by atoms with Crippen LogP contribution >= 0.6 is 31.9 Å². The Labute approximate surface area is 135 Å². The summed E-state index contributed by atoms with van der Waals surface area (Å²) in [5.41, 5.74) is 2.63. The zero-order valence-electron chi connectivity index (χ0n) is 11.2. The van der Waals surface area contributed by atoms with Gasteiger partial charge in [0.05, 0.1) is 0 Å². The van der Waals surface area contributed by atoms with Crippen LogP contribution in [0, 0.1) is 0 Å². The zero-order chi connectivity index (χ0) is 14.0. The molecule has 4 aromatic rings. The van der Waals surface area contributed by atoms with Gasteiger partial charge in [0.15, 0.2) is 0 Å². The normalized spacial score (nSPS) is 11.9. The van der Waals surface area contributed by atoms with Crippen molar-refractivity contribution < 1.29 is 0 Å². The second-order valence-electron chi connectivity index (χ2n) is 5.42. The van der Waals surface area contributed by atoms with Crippen molar-refractivity contribution in [1.82, 2.24) is 0 Å². The summed E-state index contributed by atoms with van der Waals surface area (Å²) in [4.78, 5) is 0. The smallest absolute Gasteiger partial charge is 0.0801 e. The topological polar surface area (TPSA) is 0 Å². The van der Waals surface area contributed by atoms with Gasteiger partial charge in [-0.05, 0) is 32.3 Å². The van der Waals surface area contributed by atoms with Crippen LogP contribution in [0.5, 0.6) is 0 Å². The second kappa shape index (κ2) is 4.25. The van der Waals surface area contributed by atoms with E-state index < -0.39 is 0 Å². The predicted molar refractivity (Wildman–Crippen MR) is 102 cm³/mol. The Balaban J connectivity index is 2.47. The van der Waals surface area contributed by atoms with Gasteiger partial charge in [-0.25, -0.2) is 0 Å². The van der Waals surface area contributed by atoms with Gasteiger partial charge in [0, 0.05) is 8.95 Å². The van der Waals surface area contributed by atoms with E-state index in [0.29, 0.717) is 0 Å². The Morgan fingerprint density at radius 3 is 1.35 bits per heavy atom. The molecule has 0 bridgehead atoms. The van der Waals surface area contributed by atoms with Crippen LogP contribution in [0.3, 0.4) is 0 Å². The Bertz CT molecular complexity index is 839. The molecule has 0 aliphatic carbocycles. The highest BCUT2D eigenvalue weighted by atomic mass is 79.9. The van der Waals surface area contributed by atoms with E-state index in [1.54, 1.807) is 0 Å². The molecule has 4 heteroatoms. The highest BCUT2D eigenvalue weighted by Gasteiger charge is 2.14. The molecule has 20 heavy (non-hydrogen) atoms. The Morgan fingerprint density at radius 2 is 0.950 bits per heavy atom. The third-order valence-corrected chi connectivity index (χ3v) is 5.52. The van der Waals surface area contributed by atoms with Crippen LogP contribution in [0.25, 0.3) is 32.3 Å². The van der Waals surface area contributed by atoms with E-state index >= 15 is 0 Å². The van der Waals surface area contributed by atoms with Gasteiger partial charge >= 0.3 is 0 Å². The van der Waals surface area contributed by atoms with Gasteiger partial charge in [-0.2, -0.15) is 0 Å². The molecule has 94 valence electrons. The van der Waals surface area contributed by atoms with E-state index in [0.717, 1.165) is 0 Å². The summed E-state index contributed by atoms with van der Waals surface area (Å²) in [5.74, 6) is 0. The lowest BCUT2D eigenvalue weighted by atomic mass is 9.82. The zero-order valence-corrected chi connectivity index (χ0v) is 14.4. The van der Waals surface area contributed by atoms with E-state index in [4.69, 9.17) is 0 Å². The molecule has 0 N–H and O–H groups in total. The molecule has 0 aliphatic rings. The van der Waals surface area contributed by atoms with Crippen LogP contribution in [0.1, 0.15) is 0 Å². The number of halogens is 2. The molecular formula is C16H10B2Br2. The third kappa shape index (κ3) is 1.55. The first kappa shape index (κ1) is 12.7. The Kier molecular flexibility index (Phi) is 2.71. The van der Waals surface area contributed by atoms with Crippen LogP contribution in [0.2, 0.25) is 0 Å². The molecule has 0 radical (unpaired) electrons. The molecule has 0 nitrogen and oxygen atoms in total. The van der Waals surface area contributed by atoms with E-state index in [9.17, 15) is 0 Å². The van der Waals surface area contributed by atoms with E-state index in [1.807, 2.05) is 0 Å². The monoisotopic (exact) mass is 382 g/mol. The maximum absolute atomic E-state index is 3.72. The molecule has 4 rings (SSSR count). The van der Waals surface area contributed by atoms with Crippen LogP contribution in [-0.2, 0) is 0 Å². The molecular weight excluding hydrogens is 374 g/mol. The molecule has 0 aliphatic heterocycles. The van der Waals surface area contributed by atoms with Crippen molar-refractivity contribution in [3.05, 3.63) is 45.3 Å². The first-order valence-electron chi connectivity index (χ1n) is 6.60. The van der Waals surface area contributed by atoms with Crippen molar-refractivity contribution in [1.29, 1.82) is 0 Å². The predicted octanol–water partition coefficient (Wildman–Crippen LogP) is 2.63. The summed E-state index contributed by atoms with van der Waals surface area (Å²) in [6.07, 6.45) is 0. The summed E-state index contributed by atoms with van der Waals surface area (Å²) < 4.78 is 2.35. The van der Waals surface area contributed by atoms with Crippen molar-refractivity contribution in [2.45, 2.75) is 0 Å².